The lowest BCUT2D eigenvalue weighted by Gasteiger charge is -2.03. The summed E-state index contributed by atoms with van der Waals surface area (Å²) in [6, 6.07) is 10.7. The van der Waals surface area contributed by atoms with E-state index >= 15 is 0 Å². The predicted molar refractivity (Wildman–Crippen MR) is 66.9 cm³/mol. The van der Waals surface area contributed by atoms with Gasteiger partial charge < -0.3 is 5.11 Å². The molecule has 18 heavy (non-hydrogen) atoms. The maximum atomic E-state index is 11.5. The molecule has 2 aromatic rings. The number of carboxylic acid groups (broad SMARTS) is 1. The van der Waals surface area contributed by atoms with Crippen LogP contribution in [0.5, 0.6) is 0 Å². The molecule has 1 heterocycles. The first-order valence-electron chi connectivity index (χ1n) is 5.23. The van der Waals surface area contributed by atoms with E-state index in [-0.39, 0.29) is 5.75 Å². The third-order valence-corrected chi connectivity index (χ3v) is 3.79. The van der Waals surface area contributed by atoms with Crippen LogP contribution in [0.15, 0.2) is 36.4 Å². The number of hydrogen-bond donors (Lipinski definition) is 1. The monoisotopic (exact) mass is 265 g/mol. The summed E-state index contributed by atoms with van der Waals surface area (Å²) in [6.07, 6.45) is 0. The van der Waals surface area contributed by atoms with E-state index < -0.39 is 21.6 Å². The number of rotatable bonds is 4. The average Bonchev–Trinajstić information content (AvgIpc) is 2.26. The van der Waals surface area contributed by atoms with Gasteiger partial charge in [-0.25, -0.2) is 8.42 Å². The summed E-state index contributed by atoms with van der Waals surface area (Å²) in [5.74, 6) is -2.58. The molecule has 0 aliphatic heterocycles. The highest BCUT2D eigenvalue weighted by Gasteiger charge is 2.17. The van der Waals surface area contributed by atoms with Crippen molar-refractivity contribution in [1.29, 1.82) is 0 Å². The van der Waals surface area contributed by atoms with Crippen LogP contribution in [0.4, 0.5) is 0 Å². The molecule has 0 saturated heterocycles. The van der Waals surface area contributed by atoms with Crippen molar-refractivity contribution in [2.75, 3.05) is 5.75 Å². The summed E-state index contributed by atoms with van der Waals surface area (Å²) in [5, 5.41) is 9.41. The number of nitrogens with zero attached hydrogens (tertiary/aromatic N) is 1. The molecular formula is C12H11NO4S. The minimum absolute atomic E-state index is 0.356. The number of hydrogen-bond acceptors (Lipinski definition) is 4. The second-order valence-electron chi connectivity index (χ2n) is 3.92. The van der Waals surface area contributed by atoms with Crippen LogP contribution in [0, 0.1) is 0 Å². The van der Waals surface area contributed by atoms with Crippen LogP contribution in [-0.4, -0.2) is 30.2 Å². The molecule has 0 aliphatic carbocycles. The van der Waals surface area contributed by atoms with E-state index in [2.05, 4.69) is 4.98 Å². The van der Waals surface area contributed by atoms with E-state index in [9.17, 15) is 13.2 Å². The van der Waals surface area contributed by atoms with Crippen molar-refractivity contribution in [3.8, 4) is 0 Å². The molecule has 5 nitrogen and oxygen atoms in total. The van der Waals surface area contributed by atoms with Crippen molar-refractivity contribution in [2.45, 2.75) is 5.75 Å². The van der Waals surface area contributed by atoms with Crippen LogP contribution < -0.4 is 0 Å². The van der Waals surface area contributed by atoms with Gasteiger partial charge in [-0.3, -0.25) is 9.78 Å². The van der Waals surface area contributed by atoms with Crippen LogP contribution in [0.25, 0.3) is 10.9 Å². The number of carboxylic acids is 1. The first-order valence-corrected chi connectivity index (χ1v) is 7.05. The maximum absolute atomic E-state index is 11.5. The van der Waals surface area contributed by atoms with E-state index in [1.54, 1.807) is 18.2 Å². The van der Waals surface area contributed by atoms with Gasteiger partial charge in [-0.05, 0) is 12.1 Å². The lowest BCUT2D eigenvalue weighted by atomic mass is 10.2. The van der Waals surface area contributed by atoms with E-state index in [0.717, 1.165) is 5.39 Å². The zero-order valence-corrected chi connectivity index (χ0v) is 10.2. The Balaban J connectivity index is 2.30. The summed E-state index contributed by atoms with van der Waals surface area (Å²) in [7, 11) is -3.66. The highest BCUT2D eigenvalue weighted by atomic mass is 32.2. The van der Waals surface area contributed by atoms with Crippen LogP contribution >= 0.6 is 0 Å². The minimum Gasteiger partial charge on any atom is -0.480 e. The molecule has 0 radical (unpaired) electrons. The molecule has 1 N–H and O–H groups in total. The average molecular weight is 265 g/mol. The van der Waals surface area contributed by atoms with Crippen LogP contribution in [0.1, 0.15) is 5.69 Å². The molecule has 0 amide bonds. The van der Waals surface area contributed by atoms with Gasteiger partial charge >= 0.3 is 5.97 Å². The highest BCUT2D eigenvalue weighted by molar-refractivity contribution is 7.91. The number of fused-ring (bicyclic) bond motifs is 1. The summed E-state index contributed by atoms with van der Waals surface area (Å²) in [6.45, 7) is 0. The summed E-state index contributed by atoms with van der Waals surface area (Å²) >= 11 is 0. The number of pyridine rings is 1. The number of aliphatic carboxylic acids is 1. The quantitative estimate of drug-likeness (QED) is 0.898. The van der Waals surface area contributed by atoms with Crippen LogP contribution in [-0.2, 0) is 20.4 Å². The van der Waals surface area contributed by atoms with Crippen LogP contribution in [0.2, 0.25) is 0 Å². The van der Waals surface area contributed by atoms with Crippen molar-refractivity contribution in [1.82, 2.24) is 4.98 Å². The second-order valence-corrected chi connectivity index (χ2v) is 5.99. The SMILES string of the molecule is O=C(O)CS(=O)(=O)Cc1ccc2ccccc2n1. The molecule has 1 aromatic carbocycles. The lowest BCUT2D eigenvalue weighted by Crippen LogP contribution is -2.17. The molecular weight excluding hydrogens is 254 g/mol. The lowest BCUT2D eigenvalue weighted by molar-refractivity contribution is -0.134. The Labute approximate surface area is 104 Å². The topological polar surface area (TPSA) is 84.3 Å². The second kappa shape index (κ2) is 4.73. The maximum Gasteiger partial charge on any atom is 0.318 e. The first-order chi connectivity index (χ1) is 8.46. The molecule has 94 valence electrons. The van der Waals surface area contributed by atoms with Crippen LogP contribution in [0.3, 0.4) is 0 Å². The first kappa shape index (κ1) is 12.5. The molecule has 0 bridgehead atoms. The van der Waals surface area contributed by atoms with E-state index in [4.69, 9.17) is 5.11 Å². The van der Waals surface area contributed by atoms with Gasteiger partial charge in [0.05, 0.1) is 17.0 Å². The molecule has 0 unspecified atom stereocenters. The van der Waals surface area contributed by atoms with Gasteiger partial charge in [0.25, 0.3) is 0 Å². The molecule has 0 spiro atoms. The Morgan fingerprint density at radius 2 is 1.89 bits per heavy atom. The van der Waals surface area contributed by atoms with Gasteiger partial charge in [0, 0.05) is 5.39 Å². The van der Waals surface area contributed by atoms with Gasteiger partial charge in [-0.2, -0.15) is 0 Å². The smallest absolute Gasteiger partial charge is 0.318 e. The van der Waals surface area contributed by atoms with Gasteiger partial charge in [0.2, 0.25) is 0 Å². The highest BCUT2D eigenvalue weighted by Crippen LogP contribution is 2.13. The van der Waals surface area contributed by atoms with E-state index in [0.29, 0.717) is 11.2 Å². The molecule has 2 rings (SSSR count). The minimum atomic E-state index is -3.66. The molecule has 0 fully saturated rings. The zero-order chi connectivity index (χ0) is 13.2. The molecule has 0 saturated carbocycles. The van der Waals surface area contributed by atoms with Gasteiger partial charge in [0.1, 0.15) is 5.75 Å². The van der Waals surface area contributed by atoms with Crippen molar-refractivity contribution < 1.29 is 18.3 Å². The largest absolute Gasteiger partial charge is 0.480 e. The van der Waals surface area contributed by atoms with E-state index in [1.807, 2.05) is 18.2 Å². The number of benzene rings is 1. The fourth-order valence-electron chi connectivity index (χ4n) is 1.65. The van der Waals surface area contributed by atoms with Crippen molar-refractivity contribution in [3.63, 3.8) is 0 Å². The number of aromatic nitrogens is 1. The van der Waals surface area contributed by atoms with Gasteiger partial charge in [0.15, 0.2) is 9.84 Å². The third-order valence-electron chi connectivity index (χ3n) is 2.37. The Kier molecular flexibility index (Phi) is 3.29. The fourth-order valence-corrected chi connectivity index (χ4v) is 2.74. The Morgan fingerprint density at radius 1 is 1.17 bits per heavy atom. The van der Waals surface area contributed by atoms with E-state index in [1.165, 1.54) is 0 Å². The Morgan fingerprint density at radius 3 is 2.61 bits per heavy atom. The third kappa shape index (κ3) is 3.04. The standard InChI is InChI=1S/C12H11NO4S/c14-12(15)8-18(16,17)7-10-6-5-9-3-1-2-4-11(9)13-10/h1-6H,7-8H2,(H,14,15). The Bertz CT molecular complexity index is 694. The van der Waals surface area contributed by atoms with Crippen molar-refractivity contribution in [3.05, 3.63) is 42.1 Å². The number of para-hydroxylation sites is 1. The van der Waals surface area contributed by atoms with Gasteiger partial charge in [-0.15, -0.1) is 0 Å². The summed E-state index contributed by atoms with van der Waals surface area (Å²) < 4.78 is 23.1. The van der Waals surface area contributed by atoms with Gasteiger partial charge in [-0.1, -0.05) is 24.3 Å². The molecule has 0 atom stereocenters. The molecule has 1 aromatic heterocycles. The fraction of sp³-hybridized carbons (Fsp3) is 0.167. The number of sulfone groups is 1. The summed E-state index contributed by atoms with van der Waals surface area (Å²) in [4.78, 5) is 14.6. The summed E-state index contributed by atoms with van der Waals surface area (Å²) in [5.41, 5.74) is 1.05. The Hall–Kier alpha value is -1.95. The van der Waals surface area contributed by atoms with Crippen molar-refractivity contribution >= 4 is 26.7 Å². The molecule has 6 heteroatoms. The number of carbonyl (C=O) groups is 1. The predicted octanol–water partition coefficient (Wildman–Crippen LogP) is 1.23. The molecule has 0 aliphatic rings. The van der Waals surface area contributed by atoms with Crippen molar-refractivity contribution in [2.24, 2.45) is 0 Å². The normalized spacial score (nSPS) is 11.6. The zero-order valence-electron chi connectivity index (χ0n) is 9.41.